The summed E-state index contributed by atoms with van der Waals surface area (Å²) in [4.78, 5) is 13.6. The van der Waals surface area contributed by atoms with Gasteiger partial charge in [-0.05, 0) is 35.7 Å². The lowest BCUT2D eigenvalue weighted by Crippen LogP contribution is -2.22. The molecule has 1 aliphatic rings. The maximum absolute atomic E-state index is 12.3. The summed E-state index contributed by atoms with van der Waals surface area (Å²) >= 11 is 7.71. The quantitative estimate of drug-likeness (QED) is 0.615. The normalized spacial score (nSPS) is 16.6. The van der Waals surface area contributed by atoms with Crippen LogP contribution in [0.2, 0.25) is 5.02 Å². The first-order chi connectivity index (χ1) is 11.6. The Morgan fingerprint density at radius 2 is 1.88 bits per heavy atom. The molecule has 3 aromatic rings. The molecule has 1 unspecified atom stereocenters. The number of benzene rings is 2. The van der Waals surface area contributed by atoms with Gasteiger partial charge in [0.2, 0.25) is 5.91 Å². The van der Waals surface area contributed by atoms with E-state index < -0.39 is 0 Å². The SMILES string of the molecule is Cc1ccccc1C1CC(=O)Nc2c(-c3ccc(Cl)cc3)csc21. The first kappa shape index (κ1) is 15.4. The van der Waals surface area contributed by atoms with Gasteiger partial charge in [0, 0.05) is 33.2 Å². The van der Waals surface area contributed by atoms with Crippen LogP contribution in [0.15, 0.2) is 53.9 Å². The van der Waals surface area contributed by atoms with Crippen molar-refractivity contribution in [3.63, 3.8) is 0 Å². The molecule has 0 saturated carbocycles. The molecule has 24 heavy (non-hydrogen) atoms. The Morgan fingerprint density at radius 1 is 1.12 bits per heavy atom. The van der Waals surface area contributed by atoms with E-state index in [1.54, 1.807) is 11.3 Å². The predicted molar refractivity (Wildman–Crippen MR) is 101 cm³/mol. The minimum absolute atomic E-state index is 0.0735. The number of halogens is 1. The molecule has 0 fully saturated rings. The molecular weight excluding hydrogens is 338 g/mol. The van der Waals surface area contributed by atoms with Crippen molar-refractivity contribution in [3.8, 4) is 11.1 Å². The van der Waals surface area contributed by atoms with Gasteiger partial charge in [-0.25, -0.2) is 0 Å². The van der Waals surface area contributed by atoms with Crippen molar-refractivity contribution in [2.24, 2.45) is 0 Å². The standard InChI is InChI=1S/C20H16ClNOS/c1-12-4-2-3-5-15(12)16-10-18(23)22-19-17(11-24-20(16)19)13-6-8-14(21)9-7-13/h2-9,11,16H,10H2,1H3,(H,22,23). The highest BCUT2D eigenvalue weighted by atomic mass is 35.5. The van der Waals surface area contributed by atoms with Crippen LogP contribution < -0.4 is 5.32 Å². The minimum atomic E-state index is 0.0735. The number of carbonyl (C=O) groups excluding carboxylic acids is 1. The van der Waals surface area contributed by atoms with E-state index >= 15 is 0 Å². The molecule has 1 aliphatic heterocycles. The van der Waals surface area contributed by atoms with Gasteiger partial charge < -0.3 is 5.32 Å². The van der Waals surface area contributed by atoms with Gasteiger partial charge >= 0.3 is 0 Å². The smallest absolute Gasteiger partial charge is 0.225 e. The average Bonchev–Trinajstić information content (AvgIpc) is 2.99. The molecule has 1 amide bonds. The second-order valence-electron chi connectivity index (χ2n) is 6.06. The first-order valence-electron chi connectivity index (χ1n) is 7.86. The molecule has 1 atom stereocenters. The summed E-state index contributed by atoms with van der Waals surface area (Å²) in [6.07, 6.45) is 0.498. The van der Waals surface area contributed by atoms with Crippen molar-refractivity contribution in [3.05, 3.63) is 74.9 Å². The molecule has 2 heterocycles. The van der Waals surface area contributed by atoms with Gasteiger partial charge in [0.15, 0.2) is 0 Å². The molecule has 4 rings (SSSR count). The van der Waals surface area contributed by atoms with Gasteiger partial charge in [-0.3, -0.25) is 4.79 Å². The third kappa shape index (κ3) is 2.64. The third-order valence-corrected chi connectivity index (χ3v) is 5.86. The van der Waals surface area contributed by atoms with Crippen molar-refractivity contribution in [2.75, 3.05) is 5.32 Å². The van der Waals surface area contributed by atoms with Crippen LogP contribution in [-0.2, 0) is 4.79 Å². The van der Waals surface area contributed by atoms with E-state index in [4.69, 9.17) is 11.6 Å². The topological polar surface area (TPSA) is 29.1 Å². The number of rotatable bonds is 2. The number of thiophene rings is 1. The van der Waals surface area contributed by atoms with Crippen LogP contribution in [0, 0.1) is 6.92 Å². The molecule has 0 bridgehead atoms. The fraction of sp³-hybridized carbons (Fsp3) is 0.150. The largest absolute Gasteiger partial charge is 0.325 e. The number of amides is 1. The van der Waals surface area contributed by atoms with Crippen molar-refractivity contribution < 1.29 is 4.79 Å². The van der Waals surface area contributed by atoms with Crippen LogP contribution in [0.1, 0.15) is 28.3 Å². The lowest BCUT2D eigenvalue weighted by atomic mass is 9.87. The summed E-state index contributed by atoms with van der Waals surface area (Å²) in [7, 11) is 0. The Labute approximate surface area is 150 Å². The number of hydrogen-bond acceptors (Lipinski definition) is 2. The second kappa shape index (κ2) is 6.08. The van der Waals surface area contributed by atoms with E-state index in [-0.39, 0.29) is 11.8 Å². The van der Waals surface area contributed by atoms with E-state index in [1.165, 1.54) is 16.0 Å². The molecule has 2 nitrogen and oxygen atoms in total. The molecule has 2 aromatic carbocycles. The summed E-state index contributed by atoms with van der Waals surface area (Å²) in [6, 6.07) is 16.1. The second-order valence-corrected chi connectivity index (χ2v) is 7.40. The zero-order chi connectivity index (χ0) is 16.7. The van der Waals surface area contributed by atoms with Gasteiger partial charge in [0.1, 0.15) is 0 Å². The van der Waals surface area contributed by atoms with Crippen LogP contribution in [0.3, 0.4) is 0 Å². The molecule has 1 aromatic heterocycles. The number of hydrogen-bond donors (Lipinski definition) is 1. The maximum Gasteiger partial charge on any atom is 0.225 e. The molecular formula is C20H16ClNOS. The Hall–Kier alpha value is -2.10. The van der Waals surface area contributed by atoms with E-state index in [0.717, 1.165) is 16.8 Å². The zero-order valence-electron chi connectivity index (χ0n) is 13.2. The van der Waals surface area contributed by atoms with Crippen molar-refractivity contribution in [1.29, 1.82) is 0 Å². The fourth-order valence-electron chi connectivity index (χ4n) is 3.30. The molecule has 4 heteroatoms. The summed E-state index contributed by atoms with van der Waals surface area (Å²) in [5.74, 6) is 0.199. The Morgan fingerprint density at radius 3 is 2.62 bits per heavy atom. The molecule has 120 valence electrons. The van der Waals surface area contributed by atoms with Crippen molar-refractivity contribution in [2.45, 2.75) is 19.3 Å². The Kier molecular flexibility index (Phi) is 3.91. The molecule has 0 saturated heterocycles. The summed E-state index contributed by atoms with van der Waals surface area (Å²) in [6.45, 7) is 2.11. The highest BCUT2D eigenvalue weighted by Crippen LogP contribution is 2.47. The number of carbonyl (C=O) groups is 1. The molecule has 0 spiro atoms. The van der Waals surface area contributed by atoms with Crippen LogP contribution in [0.5, 0.6) is 0 Å². The molecule has 0 radical (unpaired) electrons. The number of nitrogens with one attached hydrogen (secondary N) is 1. The van der Waals surface area contributed by atoms with Gasteiger partial charge in [0.25, 0.3) is 0 Å². The maximum atomic E-state index is 12.3. The van der Waals surface area contributed by atoms with E-state index in [1.807, 2.05) is 36.4 Å². The van der Waals surface area contributed by atoms with Crippen molar-refractivity contribution >= 4 is 34.5 Å². The average molecular weight is 354 g/mol. The first-order valence-corrected chi connectivity index (χ1v) is 9.12. The van der Waals surface area contributed by atoms with Gasteiger partial charge in [-0.15, -0.1) is 11.3 Å². The monoisotopic (exact) mass is 353 g/mol. The lowest BCUT2D eigenvalue weighted by molar-refractivity contribution is -0.116. The minimum Gasteiger partial charge on any atom is -0.325 e. The van der Waals surface area contributed by atoms with Crippen LogP contribution in [0.4, 0.5) is 5.69 Å². The number of fused-ring (bicyclic) bond motifs is 1. The lowest BCUT2D eigenvalue weighted by Gasteiger charge is -2.25. The van der Waals surface area contributed by atoms with Crippen LogP contribution in [-0.4, -0.2) is 5.91 Å². The summed E-state index contributed by atoms with van der Waals surface area (Å²) in [5, 5.41) is 5.92. The number of anilines is 1. The van der Waals surface area contributed by atoms with Gasteiger partial charge in [0.05, 0.1) is 5.69 Å². The third-order valence-electron chi connectivity index (χ3n) is 4.51. The summed E-state index contributed by atoms with van der Waals surface area (Å²) in [5.41, 5.74) is 5.55. The van der Waals surface area contributed by atoms with E-state index in [9.17, 15) is 4.79 Å². The Bertz CT molecular complexity index is 914. The van der Waals surface area contributed by atoms with Gasteiger partial charge in [-0.2, -0.15) is 0 Å². The molecule has 1 N–H and O–H groups in total. The fourth-order valence-corrected chi connectivity index (χ4v) is 4.58. The predicted octanol–water partition coefficient (Wildman–Crippen LogP) is 5.85. The highest BCUT2D eigenvalue weighted by Gasteiger charge is 2.30. The number of aryl methyl sites for hydroxylation is 1. The van der Waals surface area contributed by atoms with Gasteiger partial charge in [-0.1, -0.05) is 48.0 Å². The van der Waals surface area contributed by atoms with E-state index in [2.05, 4.69) is 29.8 Å². The Balaban J connectivity index is 1.83. The highest BCUT2D eigenvalue weighted by molar-refractivity contribution is 7.11. The zero-order valence-corrected chi connectivity index (χ0v) is 14.7. The van der Waals surface area contributed by atoms with Crippen LogP contribution >= 0.6 is 22.9 Å². The van der Waals surface area contributed by atoms with E-state index in [0.29, 0.717) is 11.4 Å². The van der Waals surface area contributed by atoms with Crippen molar-refractivity contribution in [1.82, 2.24) is 0 Å². The summed E-state index contributed by atoms with van der Waals surface area (Å²) < 4.78 is 0. The van der Waals surface area contributed by atoms with Crippen LogP contribution in [0.25, 0.3) is 11.1 Å². The molecule has 0 aliphatic carbocycles.